The van der Waals surface area contributed by atoms with E-state index in [9.17, 15) is 13.2 Å². The average Bonchev–Trinajstić information content (AvgIpc) is 2.95. The number of rotatable bonds is 5. The van der Waals surface area contributed by atoms with E-state index in [1.165, 1.54) is 6.33 Å². The monoisotopic (exact) mass is 360 g/mol. The zero-order chi connectivity index (χ0) is 17.9. The Morgan fingerprint density at radius 3 is 2.68 bits per heavy atom. The third kappa shape index (κ3) is 4.14. The van der Waals surface area contributed by atoms with Crippen molar-refractivity contribution in [2.24, 2.45) is 0 Å². The number of hydrogen-bond donors (Lipinski definition) is 1. The Kier molecular flexibility index (Phi) is 4.98. The molecular weight excluding hydrogens is 340 g/mol. The molecule has 1 amide bonds. The highest BCUT2D eigenvalue weighted by Crippen LogP contribution is 2.23. The number of nitrogens with zero attached hydrogens (tertiary/aromatic N) is 3. The van der Waals surface area contributed by atoms with E-state index < -0.39 is 9.84 Å². The lowest BCUT2D eigenvalue weighted by atomic mass is 10.2. The molecule has 0 saturated carbocycles. The molecule has 1 aliphatic rings. The molecule has 132 valence electrons. The largest absolute Gasteiger partial charge is 0.347 e. The molecule has 2 heterocycles. The third-order valence-corrected chi connectivity index (χ3v) is 5.88. The molecule has 3 rings (SSSR count). The van der Waals surface area contributed by atoms with Crippen LogP contribution in [0.4, 0.5) is 11.5 Å². The molecule has 0 aliphatic carbocycles. The lowest BCUT2D eigenvalue weighted by Gasteiger charge is -2.22. The van der Waals surface area contributed by atoms with Crippen molar-refractivity contribution in [1.29, 1.82) is 0 Å². The summed E-state index contributed by atoms with van der Waals surface area (Å²) < 4.78 is 23.0. The lowest BCUT2D eigenvalue weighted by molar-refractivity contribution is 0.0936. The van der Waals surface area contributed by atoms with E-state index in [0.29, 0.717) is 18.8 Å². The third-order valence-electron chi connectivity index (χ3n) is 4.11. The van der Waals surface area contributed by atoms with Crippen LogP contribution in [0.3, 0.4) is 0 Å². The van der Waals surface area contributed by atoms with Crippen LogP contribution in [0.25, 0.3) is 0 Å². The fraction of sp³-hybridized carbons (Fsp3) is 0.353. The lowest BCUT2D eigenvalue weighted by Crippen LogP contribution is -2.36. The first-order chi connectivity index (χ1) is 12.0. The summed E-state index contributed by atoms with van der Waals surface area (Å²) >= 11 is 0. The Balaban J connectivity index is 1.78. The molecule has 0 spiro atoms. The van der Waals surface area contributed by atoms with Crippen LogP contribution in [0.2, 0.25) is 0 Å². The number of carbonyl (C=O) groups excluding carboxylic acids is 1. The SMILES string of the molecule is CCN(c1ccccc1)c1cc(C(=O)NC2CCS(=O)(=O)C2)ncn1. The van der Waals surface area contributed by atoms with E-state index in [1.807, 2.05) is 42.2 Å². The van der Waals surface area contributed by atoms with Gasteiger partial charge in [0.25, 0.3) is 5.91 Å². The van der Waals surface area contributed by atoms with Gasteiger partial charge in [0.2, 0.25) is 0 Å². The summed E-state index contributed by atoms with van der Waals surface area (Å²) in [4.78, 5) is 22.7. The number of aromatic nitrogens is 2. The van der Waals surface area contributed by atoms with Crippen LogP contribution in [-0.2, 0) is 9.84 Å². The predicted molar refractivity (Wildman–Crippen MR) is 95.7 cm³/mol. The average molecular weight is 360 g/mol. The Morgan fingerprint density at radius 1 is 1.28 bits per heavy atom. The number of para-hydroxylation sites is 1. The van der Waals surface area contributed by atoms with E-state index in [4.69, 9.17) is 0 Å². The molecule has 1 atom stereocenters. The maximum absolute atomic E-state index is 12.4. The number of anilines is 2. The number of nitrogens with one attached hydrogen (secondary N) is 1. The summed E-state index contributed by atoms with van der Waals surface area (Å²) in [6.07, 6.45) is 1.79. The van der Waals surface area contributed by atoms with E-state index in [1.54, 1.807) is 6.07 Å². The molecule has 2 aromatic rings. The summed E-state index contributed by atoms with van der Waals surface area (Å²) in [6, 6.07) is 11.0. The van der Waals surface area contributed by atoms with Crippen molar-refractivity contribution in [2.45, 2.75) is 19.4 Å². The van der Waals surface area contributed by atoms with Crippen LogP contribution < -0.4 is 10.2 Å². The zero-order valence-corrected chi connectivity index (χ0v) is 14.7. The van der Waals surface area contributed by atoms with Gasteiger partial charge in [-0.05, 0) is 25.5 Å². The Morgan fingerprint density at radius 2 is 2.04 bits per heavy atom. The Bertz CT molecular complexity index is 855. The Hall–Kier alpha value is -2.48. The fourth-order valence-corrected chi connectivity index (χ4v) is 4.55. The summed E-state index contributed by atoms with van der Waals surface area (Å²) in [5.41, 5.74) is 1.20. The van der Waals surface area contributed by atoms with Crippen LogP contribution in [-0.4, -0.2) is 48.4 Å². The van der Waals surface area contributed by atoms with Crippen LogP contribution in [0, 0.1) is 0 Å². The van der Waals surface area contributed by atoms with E-state index >= 15 is 0 Å². The van der Waals surface area contributed by atoms with Crippen LogP contribution in [0.1, 0.15) is 23.8 Å². The van der Waals surface area contributed by atoms with E-state index in [-0.39, 0.29) is 29.1 Å². The van der Waals surface area contributed by atoms with Crippen molar-refractivity contribution >= 4 is 27.2 Å². The minimum absolute atomic E-state index is 0.0121. The molecule has 1 aromatic carbocycles. The molecule has 1 N–H and O–H groups in total. The number of benzene rings is 1. The van der Waals surface area contributed by atoms with Gasteiger partial charge in [0.1, 0.15) is 17.8 Å². The molecule has 0 bridgehead atoms. The van der Waals surface area contributed by atoms with Gasteiger partial charge in [0.15, 0.2) is 9.84 Å². The topological polar surface area (TPSA) is 92.3 Å². The van der Waals surface area contributed by atoms with Gasteiger partial charge in [-0.3, -0.25) is 4.79 Å². The number of sulfone groups is 1. The maximum Gasteiger partial charge on any atom is 0.270 e. The second-order valence-electron chi connectivity index (χ2n) is 5.91. The van der Waals surface area contributed by atoms with Crippen molar-refractivity contribution < 1.29 is 13.2 Å². The summed E-state index contributed by atoms with van der Waals surface area (Å²) in [5, 5.41) is 2.75. The van der Waals surface area contributed by atoms with Crippen molar-refractivity contribution in [1.82, 2.24) is 15.3 Å². The fourth-order valence-electron chi connectivity index (χ4n) is 2.87. The second kappa shape index (κ2) is 7.18. The minimum Gasteiger partial charge on any atom is -0.347 e. The normalized spacial score (nSPS) is 18.7. The van der Waals surface area contributed by atoms with Gasteiger partial charge in [0.05, 0.1) is 11.5 Å². The van der Waals surface area contributed by atoms with Gasteiger partial charge in [0, 0.05) is 24.3 Å². The highest BCUT2D eigenvalue weighted by molar-refractivity contribution is 7.91. The molecule has 1 aromatic heterocycles. The van der Waals surface area contributed by atoms with Gasteiger partial charge in [-0.25, -0.2) is 18.4 Å². The molecule has 1 saturated heterocycles. The van der Waals surface area contributed by atoms with Gasteiger partial charge in [-0.1, -0.05) is 18.2 Å². The second-order valence-corrected chi connectivity index (χ2v) is 8.14. The van der Waals surface area contributed by atoms with Crippen LogP contribution >= 0.6 is 0 Å². The first-order valence-electron chi connectivity index (χ1n) is 8.14. The summed E-state index contributed by atoms with van der Waals surface area (Å²) in [5.74, 6) is 0.342. The van der Waals surface area contributed by atoms with Gasteiger partial charge in [-0.15, -0.1) is 0 Å². The summed E-state index contributed by atoms with van der Waals surface area (Å²) in [7, 11) is -3.04. The van der Waals surface area contributed by atoms with Crippen molar-refractivity contribution in [3.8, 4) is 0 Å². The molecule has 1 fully saturated rings. The first-order valence-corrected chi connectivity index (χ1v) is 9.96. The molecule has 8 heteroatoms. The molecule has 1 aliphatic heterocycles. The van der Waals surface area contributed by atoms with Gasteiger partial charge >= 0.3 is 0 Å². The van der Waals surface area contributed by atoms with Gasteiger partial charge in [-0.2, -0.15) is 0 Å². The van der Waals surface area contributed by atoms with Crippen molar-refractivity contribution in [3.05, 3.63) is 48.4 Å². The Labute approximate surface area is 147 Å². The van der Waals surface area contributed by atoms with Crippen LogP contribution in [0.5, 0.6) is 0 Å². The smallest absolute Gasteiger partial charge is 0.270 e. The highest BCUT2D eigenvalue weighted by Gasteiger charge is 2.29. The standard InChI is InChI=1S/C17H20N4O3S/c1-2-21(14-6-4-3-5-7-14)16-10-15(18-12-19-16)17(22)20-13-8-9-25(23,24)11-13/h3-7,10,12-13H,2,8-9,11H2,1H3,(H,20,22). The van der Waals surface area contributed by atoms with Gasteiger partial charge < -0.3 is 10.2 Å². The quantitative estimate of drug-likeness (QED) is 0.870. The first kappa shape index (κ1) is 17.3. The molecule has 7 nitrogen and oxygen atoms in total. The molecule has 0 radical (unpaired) electrons. The summed E-state index contributed by atoms with van der Waals surface area (Å²) in [6.45, 7) is 2.68. The molecule has 1 unspecified atom stereocenters. The molecule has 25 heavy (non-hydrogen) atoms. The number of carbonyl (C=O) groups is 1. The maximum atomic E-state index is 12.4. The number of hydrogen-bond acceptors (Lipinski definition) is 6. The zero-order valence-electron chi connectivity index (χ0n) is 13.9. The van der Waals surface area contributed by atoms with Crippen molar-refractivity contribution in [3.63, 3.8) is 0 Å². The van der Waals surface area contributed by atoms with E-state index in [2.05, 4.69) is 15.3 Å². The molecular formula is C17H20N4O3S. The number of amides is 1. The van der Waals surface area contributed by atoms with Crippen molar-refractivity contribution in [2.75, 3.05) is 23.0 Å². The highest BCUT2D eigenvalue weighted by atomic mass is 32.2. The van der Waals surface area contributed by atoms with E-state index in [0.717, 1.165) is 5.69 Å². The predicted octanol–water partition coefficient (Wildman–Crippen LogP) is 1.55. The minimum atomic E-state index is -3.04. The van der Waals surface area contributed by atoms with Crippen LogP contribution in [0.15, 0.2) is 42.7 Å².